The van der Waals surface area contributed by atoms with E-state index in [1.54, 1.807) is 24.4 Å². The van der Waals surface area contributed by atoms with Gasteiger partial charge in [-0.25, -0.2) is 4.79 Å². The molecule has 0 radical (unpaired) electrons. The molecule has 3 N–H and O–H groups in total. The van der Waals surface area contributed by atoms with Gasteiger partial charge in [0, 0.05) is 42.7 Å². The third-order valence-corrected chi connectivity index (χ3v) is 5.20. The number of carbonyl (C=O) groups excluding carboxylic acids is 4. The maximum atomic E-state index is 12.8. The zero-order valence-electron chi connectivity index (χ0n) is 16.4. The number of hydrogen-bond acceptors (Lipinski definition) is 5. The minimum absolute atomic E-state index is 0.220. The number of urea groups is 1. The highest BCUT2D eigenvalue weighted by Crippen LogP contribution is 2.28. The highest BCUT2D eigenvalue weighted by molar-refractivity contribution is 6.05. The van der Waals surface area contributed by atoms with Gasteiger partial charge in [-0.3, -0.25) is 24.7 Å². The lowest BCUT2D eigenvalue weighted by Gasteiger charge is -2.29. The van der Waals surface area contributed by atoms with Gasteiger partial charge in [0.2, 0.25) is 11.8 Å². The average Bonchev–Trinajstić information content (AvgIpc) is 3.02. The average molecular weight is 407 g/mol. The molecule has 0 saturated carbocycles. The quantitative estimate of drug-likeness (QED) is 0.663. The molecule has 4 rings (SSSR count). The Labute approximate surface area is 172 Å². The molecule has 1 aromatic carbocycles. The van der Waals surface area contributed by atoms with Crippen molar-refractivity contribution in [1.82, 2.24) is 20.5 Å². The number of imide groups is 1. The van der Waals surface area contributed by atoms with Crippen molar-refractivity contribution in [3.63, 3.8) is 0 Å². The number of aryl methyl sites for hydroxylation is 1. The molecular formula is C21H21N5O4. The molecule has 1 saturated heterocycles. The van der Waals surface area contributed by atoms with Crippen molar-refractivity contribution in [3.05, 3.63) is 58.9 Å². The number of fused-ring (bicyclic) bond motifs is 1. The molecule has 1 atom stereocenters. The molecule has 3 heterocycles. The predicted octanol–water partition coefficient (Wildman–Crippen LogP) is 1.47. The van der Waals surface area contributed by atoms with Gasteiger partial charge in [0.05, 0.1) is 0 Å². The highest BCUT2D eigenvalue weighted by atomic mass is 16.2. The van der Waals surface area contributed by atoms with Gasteiger partial charge >= 0.3 is 6.03 Å². The van der Waals surface area contributed by atoms with Crippen LogP contribution in [0, 0.1) is 6.92 Å². The Morgan fingerprint density at radius 2 is 2.07 bits per heavy atom. The largest absolute Gasteiger partial charge is 0.334 e. The van der Waals surface area contributed by atoms with Gasteiger partial charge < -0.3 is 15.5 Å². The van der Waals surface area contributed by atoms with Crippen LogP contribution < -0.4 is 16.0 Å². The summed E-state index contributed by atoms with van der Waals surface area (Å²) in [6.07, 6.45) is 2.16. The SMILES string of the molecule is Cc1cc(NC(=O)NCc2ccc3c(c2)C(=O)N(C2CCC(=O)NC2=O)C3)ccn1. The first kappa shape index (κ1) is 19.6. The molecule has 0 aliphatic carbocycles. The third kappa shape index (κ3) is 4.00. The first-order valence-electron chi connectivity index (χ1n) is 9.64. The molecule has 0 spiro atoms. The summed E-state index contributed by atoms with van der Waals surface area (Å²) in [6.45, 7) is 2.41. The van der Waals surface area contributed by atoms with E-state index in [2.05, 4.69) is 20.9 Å². The number of rotatable bonds is 4. The maximum Gasteiger partial charge on any atom is 0.319 e. The summed E-state index contributed by atoms with van der Waals surface area (Å²) in [7, 11) is 0. The van der Waals surface area contributed by atoms with Crippen molar-refractivity contribution in [2.75, 3.05) is 5.32 Å². The van der Waals surface area contributed by atoms with E-state index >= 15 is 0 Å². The second kappa shape index (κ2) is 7.94. The fourth-order valence-electron chi connectivity index (χ4n) is 3.69. The van der Waals surface area contributed by atoms with E-state index < -0.39 is 11.9 Å². The van der Waals surface area contributed by atoms with E-state index in [1.807, 2.05) is 19.1 Å². The van der Waals surface area contributed by atoms with Crippen LogP contribution in [0.2, 0.25) is 0 Å². The van der Waals surface area contributed by atoms with Gasteiger partial charge in [0.15, 0.2) is 0 Å². The first-order valence-corrected chi connectivity index (χ1v) is 9.64. The third-order valence-electron chi connectivity index (χ3n) is 5.20. The van der Waals surface area contributed by atoms with Crippen LogP contribution in [-0.4, -0.2) is 39.7 Å². The summed E-state index contributed by atoms with van der Waals surface area (Å²) >= 11 is 0. The van der Waals surface area contributed by atoms with Crippen LogP contribution in [0.25, 0.3) is 0 Å². The zero-order chi connectivity index (χ0) is 21.3. The van der Waals surface area contributed by atoms with Crippen molar-refractivity contribution < 1.29 is 19.2 Å². The lowest BCUT2D eigenvalue weighted by molar-refractivity contribution is -0.136. The second-order valence-electron chi connectivity index (χ2n) is 7.39. The van der Waals surface area contributed by atoms with Crippen LogP contribution in [0.3, 0.4) is 0 Å². The topological polar surface area (TPSA) is 121 Å². The fourth-order valence-corrected chi connectivity index (χ4v) is 3.69. The predicted molar refractivity (Wildman–Crippen MR) is 107 cm³/mol. The van der Waals surface area contributed by atoms with Crippen molar-refractivity contribution >= 4 is 29.4 Å². The number of benzene rings is 1. The molecule has 2 aliphatic rings. The monoisotopic (exact) mass is 407 g/mol. The van der Waals surface area contributed by atoms with E-state index in [0.717, 1.165) is 16.8 Å². The minimum atomic E-state index is -0.640. The summed E-state index contributed by atoms with van der Waals surface area (Å²) in [5, 5.41) is 7.79. The fraction of sp³-hybridized carbons (Fsp3) is 0.286. The molecule has 5 amide bonds. The molecule has 30 heavy (non-hydrogen) atoms. The van der Waals surface area contributed by atoms with Crippen LogP contribution in [0.15, 0.2) is 36.5 Å². The number of pyridine rings is 1. The lowest BCUT2D eigenvalue weighted by Crippen LogP contribution is -2.52. The van der Waals surface area contributed by atoms with E-state index in [9.17, 15) is 19.2 Å². The molecular weight excluding hydrogens is 386 g/mol. The molecule has 0 bridgehead atoms. The number of nitrogens with one attached hydrogen (secondary N) is 3. The van der Waals surface area contributed by atoms with Gasteiger partial charge in [-0.15, -0.1) is 0 Å². The molecule has 9 heteroatoms. The summed E-state index contributed by atoms with van der Waals surface area (Å²) in [4.78, 5) is 54.0. The number of anilines is 1. The Hall–Kier alpha value is -3.75. The van der Waals surface area contributed by atoms with E-state index in [0.29, 0.717) is 24.2 Å². The van der Waals surface area contributed by atoms with E-state index in [4.69, 9.17) is 0 Å². The smallest absolute Gasteiger partial charge is 0.319 e. The number of aromatic nitrogens is 1. The van der Waals surface area contributed by atoms with Crippen LogP contribution in [0.5, 0.6) is 0 Å². The lowest BCUT2D eigenvalue weighted by atomic mass is 10.0. The standard InChI is InChI=1S/C21H21N5O4/c1-12-8-15(6-7-22-12)24-21(30)23-10-13-2-3-14-11-26(20(29)16(14)9-13)17-4-5-18(27)25-19(17)28/h2-3,6-9,17H,4-5,10-11H2,1H3,(H,25,27,28)(H2,22,23,24,30). The number of hydrogen-bond donors (Lipinski definition) is 3. The maximum absolute atomic E-state index is 12.8. The molecule has 1 unspecified atom stereocenters. The van der Waals surface area contributed by atoms with E-state index in [-0.39, 0.29) is 30.8 Å². The second-order valence-corrected chi connectivity index (χ2v) is 7.39. The van der Waals surface area contributed by atoms with Gasteiger partial charge in [-0.05, 0) is 42.7 Å². The molecule has 2 aliphatic heterocycles. The normalized spacial score (nSPS) is 18.1. The Morgan fingerprint density at radius 1 is 1.23 bits per heavy atom. The van der Waals surface area contributed by atoms with Gasteiger partial charge in [-0.1, -0.05) is 12.1 Å². The van der Waals surface area contributed by atoms with Crippen LogP contribution in [-0.2, 0) is 22.7 Å². The van der Waals surface area contributed by atoms with Crippen LogP contribution >= 0.6 is 0 Å². The van der Waals surface area contributed by atoms with Crippen molar-refractivity contribution in [2.24, 2.45) is 0 Å². The summed E-state index contributed by atoms with van der Waals surface area (Å²) in [5.41, 5.74) is 3.55. The van der Waals surface area contributed by atoms with Crippen molar-refractivity contribution in [1.29, 1.82) is 0 Å². The number of piperidine rings is 1. The van der Waals surface area contributed by atoms with E-state index in [1.165, 1.54) is 4.90 Å². The van der Waals surface area contributed by atoms with Crippen molar-refractivity contribution in [2.45, 2.75) is 38.9 Å². The van der Waals surface area contributed by atoms with Gasteiger partial charge in [0.1, 0.15) is 6.04 Å². The van der Waals surface area contributed by atoms with Crippen molar-refractivity contribution in [3.8, 4) is 0 Å². The summed E-state index contributed by atoms with van der Waals surface area (Å²) in [6, 6.07) is 7.87. The molecule has 2 aromatic rings. The van der Waals surface area contributed by atoms with Gasteiger partial charge in [0.25, 0.3) is 5.91 Å². The Balaban J connectivity index is 1.39. The Kier molecular flexibility index (Phi) is 5.18. The Bertz CT molecular complexity index is 1050. The summed E-state index contributed by atoms with van der Waals surface area (Å²) in [5.74, 6) is -0.982. The van der Waals surface area contributed by atoms with Crippen LogP contribution in [0.4, 0.5) is 10.5 Å². The van der Waals surface area contributed by atoms with Gasteiger partial charge in [-0.2, -0.15) is 0 Å². The molecule has 1 fully saturated rings. The number of carbonyl (C=O) groups is 4. The number of nitrogens with zero attached hydrogens (tertiary/aromatic N) is 2. The summed E-state index contributed by atoms with van der Waals surface area (Å²) < 4.78 is 0. The first-order chi connectivity index (χ1) is 14.4. The zero-order valence-corrected chi connectivity index (χ0v) is 16.4. The molecule has 1 aromatic heterocycles. The highest BCUT2D eigenvalue weighted by Gasteiger charge is 2.39. The minimum Gasteiger partial charge on any atom is -0.334 e. The number of amides is 5. The Morgan fingerprint density at radius 3 is 2.83 bits per heavy atom. The molecule has 154 valence electrons. The molecule has 9 nitrogen and oxygen atoms in total. The van der Waals surface area contributed by atoms with Crippen LogP contribution in [0.1, 0.15) is 40.0 Å².